The summed E-state index contributed by atoms with van der Waals surface area (Å²) in [4.78, 5) is 24.1. The fraction of sp³-hybridized carbons (Fsp3) is 0.471. The van der Waals surface area contributed by atoms with Crippen LogP contribution < -0.4 is 5.32 Å². The molecule has 6 heteroatoms. The lowest BCUT2D eigenvalue weighted by Crippen LogP contribution is -2.38. The molecule has 5 nitrogen and oxygen atoms in total. The van der Waals surface area contributed by atoms with E-state index in [-0.39, 0.29) is 18.3 Å². The molecular formula is C17H19ClN2O3. The van der Waals surface area contributed by atoms with Crippen LogP contribution >= 0.6 is 11.6 Å². The van der Waals surface area contributed by atoms with Crippen molar-refractivity contribution in [3.8, 4) is 6.07 Å². The number of amides is 1. The Balaban J connectivity index is 1.81. The number of benzene rings is 1. The predicted molar refractivity (Wildman–Crippen MR) is 85.9 cm³/mol. The number of ketones is 1. The molecule has 1 heterocycles. The normalized spacial score (nSPS) is 18.2. The second-order valence-electron chi connectivity index (χ2n) is 5.54. The van der Waals surface area contributed by atoms with E-state index in [2.05, 4.69) is 5.32 Å². The van der Waals surface area contributed by atoms with Crippen molar-refractivity contribution in [3.63, 3.8) is 0 Å². The molecule has 0 spiro atoms. The van der Waals surface area contributed by atoms with Crippen LogP contribution in [0.3, 0.4) is 0 Å². The van der Waals surface area contributed by atoms with Gasteiger partial charge >= 0.3 is 0 Å². The Morgan fingerprint density at radius 1 is 1.39 bits per heavy atom. The van der Waals surface area contributed by atoms with Crippen LogP contribution in [0.5, 0.6) is 0 Å². The van der Waals surface area contributed by atoms with E-state index in [4.69, 9.17) is 21.6 Å². The molecule has 23 heavy (non-hydrogen) atoms. The lowest BCUT2D eigenvalue weighted by molar-refractivity contribution is -0.132. The third-order valence-corrected chi connectivity index (χ3v) is 4.07. The van der Waals surface area contributed by atoms with E-state index in [1.165, 1.54) is 0 Å². The van der Waals surface area contributed by atoms with E-state index in [1.54, 1.807) is 18.2 Å². The topological polar surface area (TPSA) is 79.2 Å². The number of halogens is 1. The Kier molecular flexibility index (Phi) is 6.57. The van der Waals surface area contributed by atoms with Crippen LogP contribution in [0.25, 0.3) is 0 Å². The quantitative estimate of drug-likeness (QED) is 0.776. The van der Waals surface area contributed by atoms with E-state index in [1.807, 2.05) is 12.1 Å². The first-order chi connectivity index (χ1) is 11.1. The Bertz CT molecular complexity index is 589. The average molecular weight is 335 g/mol. The highest BCUT2D eigenvalue weighted by atomic mass is 35.5. The van der Waals surface area contributed by atoms with Gasteiger partial charge in [-0.2, -0.15) is 5.26 Å². The zero-order chi connectivity index (χ0) is 16.7. The van der Waals surface area contributed by atoms with Crippen LogP contribution in [0.1, 0.15) is 24.8 Å². The van der Waals surface area contributed by atoms with Gasteiger partial charge in [0.05, 0.1) is 12.2 Å². The summed E-state index contributed by atoms with van der Waals surface area (Å²) >= 11 is 5.80. The third-order valence-electron chi connectivity index (χ3n) is 3.81. The number of aryl methyl sites for hydroxylation is 1. The average Bonchev–Trinajstić information content (AvgIpc) is 3.06. The maximum atomic E-state index is 12.1. The molecular weight excluding hydrogens is 316 g/mol. The Morgan fingerprint density at radius 2 is 2.13 bits per heavy atom. The summed E-state index contributed by atoms with van der Waals surface area (Å²) in [7, 11) is 0. The van der Waals surface area contributed by atoms with Gasteiger partial charge in [-0.3, -0.25) is 9.59 Å². The minimum absolute atomic E-state index is 0.0116. The first-order valence-electron chi connectivity index (χ1n) is 7.66. The minimum atomic E-state index is -1.26. The smallest absolute Gasteiger partial charge is 0.245 e. The van der Waals surface area contributed by atoms with Gasteiger partial charge in [-0.25, -0.2) is 0 Å². The summed E-state index contributed by atoms with van der Waals surface area (Å²) in [6, 6.07) is 8.95. The largest absolute Gasteiger partial charge is 0.376 e. The van der Waals surface area contributed by atoms with Crippen LogP contribution in [0, 0.1) is 17.2 Å². The van der Waals surface area contributed by atoms with E-state index in [0.29, 0.717) is 24.6 Å². The zero-order valence-corrected chi connectivity index (χ0v) is 13.5. The van der Waals surface area contributed by atoms with Crippen molar-refractivity contribution in [2.24, 2.45) is 5.92 Å². The minimum Gasteiger partial charge on any atom is -0.376 e. The van der Waals surface area contributed by atoms with Crippen LogP contribution in [-0.4, -0.2) is 30.9 Å². The summed E-state index contributed by atoms with van der Waals surface area (Å²) < 4.78 is 5.40. The number of hydrogen-bond acceptors (Lipinski definition) is 4. The summed E-state index contributed by atoms with van der Waals surface area (Å²) in [5, 5.41) is 12.4. The van der Waals surface area contributed by atoms with Gasteiger partial charge in [0.1, 0.15) is 0 Å². The van der Waals surface area contributed by atoms with Gasteiger partial charge in [0.15, 0.2) is 11.7 Å². The van der Waals surface area contributed by atoms with Crippen molar-refractivity contribution in [3.05, 3.63) is 34.9 Å². The molecule has 0 bridgehead atoms. The lowest BCUT2D eigenvalue weighted by atomic mass is 9.98. The van der Waals surface area contributed by atoms with Crippen molar-refractivity contribution in [1.29, 1.82) is 5.26 Å². The molecule has 0 unspecified atom stereocenters. The van der Waals surface area contributed by atoms with Crippen molar-refractivity contribution in [2.45, 2.75) is 31.8 Å². The summed E-state index contributed by atoms with van der Waals surface area (Å²) in [5.41, 5.74) is 0.944. The van der Waals surface area contributed by atoms with Crippen LogP contribution in [0.15, 0.2) is 24.3 Å². The van der Waals surface area contributed by atoms with Crippen LogP contribution in [-0.2, 0) is 20.7 Å². The molecule has 1 saturated heterocycles. The zero-order valence-electron chi connectivity index (χ0n) is 12.8. The maximum absolute atomic E-state index is 12.1. The third kappa shape index (κ3) is 5.34. The highest BCUT2D eigenvalue weighted by molar-refractivity contribution is 6.30. The fourth-order valence-electron chi connectivity index (χ4n) is 2.46. The molecule has 1 aliphatic heterocycles. The molecule has 1 fully saturated rings. The van der Waals surface area contributed by atoms with E-state index in [0.717, 1.165) is 18.4 Å². The number of hydrogen-bond donors (Lipinski definition) is 1. The molecule has 2 rings (SSSR count). The number of nitriles is 1. The van der Waals surface area contributed by atoms with E-state index < -0.39 is 11.8 Å². The number of carbonyl (C=O) groups excluding carboxylic acids is 2. The Hall–Kier alpha value is -1.90. The van der Waals surface area contributed by atoms with Gasteiger partial charge in [0, 0.05) is 24.6 Å². The van der Waals surface area contributed by atoms with Crippen molar-refractivity contribution < 1.29 is 14.3 Å². The molecule has 1 aliphatic rings. The van der Waals surface area contributed by atoms with Crippen molar-refractivity contribution in [2.75, 3.05) is 13.2 Å². The van der Waals surface area contributed by atoms with Gasteiger partial charge in [0.2, 0.25) is 5.91 Å². The standard InChI is InChI=1S/C17H19ClN2O3/c18-13-6-3-12(4-7-13)5-8-16(21)15(10-19)17(22)20-11-14-2-1-9-23-14/h3-4,6-7,14-15H,1-2,5,8-9,11H2,(H,20,22)/t14-,15+/m1/s1. The van der Waals surface area contributed by atoms with Crippen LogP contribution in [0.2, 0.25) is 5.02 Å². The molecule has 0 saturated carbocycles. The number of nitrogens with one attached hydrogen (secondary N) is 1. The van der Waals surface area contributed by atoms with Gasteiger partial charge in [-0.1, -0.05) is 23.7 Å². The molecule has 0 aromatic heterocycles. The highest BCUT2D eigenvalue weighted by Gasteiger charge is 2.27. The van der Waals surface area contributed by atoms with Gasteiger partial charge in [-0.15, -0.1) is 0 Å². The SMILES string of the molecule is N#C[C@@H](C(=O)CCc1ccc(Cl)cc1)C(=O)NC[C@H]1CCCO1. The molecule has 0 aliphatic carbocycles. The first-order valence-corrected chi connectivity index (χ1v) is 8.04. The molecule has 1 aromatic carbocycles. The second-order valence-corrected chi connectivity index (χ2v) is 5.97. The lowest BCUT2D eigenvalue weighted by Gasteiger charge is -2.13. The molecule has 0 radical (unpaired) electrons. The fourth-order valence-corrected chi connectivity index (χ4v) is 2.59. The summed E-state index contributed by atoms with van der Waals surface area (Å²) in [5.74, 6) is -2.17. The molecule has 122 valence electrons. The highest BCUT2D eigenvalue weighted by Crippen LogP contribution is 2.13. The van der Waals surface area contributed by atoms with Crippen LogP contribution in [0.4, 0.5) is 0 Å². The van der Waals surface area contributed by atoms with E-state index >= 15 is 0 Å². The number of Topliss-reactive ketones (excluding diaryl/α,β-unsaturated/α-hetero) is 1. The monoisotopic (exact) mass is 334 g/mol. The van der Waals surface area contributed by atoms with Gasteiger partial charge in [0.25, 0.3) is 0 Å². The Morgan fingerprint density at radius 3 is 2.74 bits per heavy atom. The molecule has 2 atom stereocenters. The molecule has 1 N–H and O–H groups in total. The maximum Gasteiger partial charge on any atom is 0.245 e. The predicted octanol–water partition coefficient (Wildman–Crippen LogP) is 2.28. The van der Waals surface area contributed by atoms with Gasteiger partial charge in [-0.05, 0) is 37.0 Å². The summed E-state index contributed by atoms with van der Waals surface area (Å²) in [6.07, 6.45) is 2.48. The molecule has 1 aromatic rings. The van der Waals surface area contributed by atoms with Crippen molar-refractivity contribution in [1.82, 2.24) is 5.32 Å². The number of ether oxygens (including phenoxy) is 1. The number of rotatable bonds is 7. The van der Waals surface area contributed by atoms with Crippen molar-refractivity contribution >= 4 is 23.3 Å². The molecule has 1 amide bonds. The second kappa shape index (κ2) is 8.66. The number of nitrogens with zero attached hydrogens (tertiary/aromatic N) is 1. The summed E-state index contributed by atoms with van der Waals surface area (Å²) in [6.45, 7) is 1.05. The first kappa shape index (κ1) is 17.5. The number of carbonyl (C=O) groups is 2. The Labute approximate surface area is 140 Å². The van der Waals surface area contributed by atoms with Gasteiger partial charge < -0.3 is 10.1 Å². The van der Waals surface area contributed by atoms with E-state index in [9.17, 15) is 9.59 Å².